The minimum atomic E-state index is -3.57. The summed E-state index contributed by atoms with van der Waals surface area (Å²) in [5.74, 6) is -0.821. The van der Waals surface area contributed by atoms with E-state index in [4.69, 9.17) is 9.84 Å². The lowest BCUT2D eigenvalue weighted by Crippen LogP contribution is -2.23. The molecule has 0 saturated carbocycles. The van der Waals surface area contributed by atoms with Crippen molar-refractivity contribution in [1.82, 2.24) is 0 Å². The average Bonchev–Trinajstić information content (AvgIpc) is 2.85. The van der Waals surface area contributed by atoms with Crippen molar-refractivity contribution in [1.29, 1.82) is 0 Å². The van der Waals surface area contributed by atoms with Crippen LogP contribution in [-0.2, 0) is 19.4 Å². The van der Waals surface area contributed by atoms with Crippen molar-refractivity contribution in [3.63, 3.8) is 0 Å². The Morgan fingerprint density at radius 1 is 0.912 bits per heavy atom. The van der Waals surface area contributed by atoms with Crippen molar-refractivity contribution in [2.75, 3.05) is 37.0 Å². The lowest BCUT2D eigenvalue weighted by molar-refractivity contribution is -0.142. The van der Waals surface area contributed by atoms with Crippen molar-refractivity contribution >= 4 is 32.9 Å². The minimum absolute atomic E-state index is 0.135. The number of sulfone groups is 1. The number of hydrogen-bond acceptors (Lipinski definition) is 8. The number of unbranched alkanes of at least 4 members (excludes halogenated alkanes) is 3. The molecule has 34 heavy (non-hydrogen) atoms. The molecule has 0 amide bonds. The molecule has 0 unspecified atom stereocenters. The molecule has 0 aliphatic rings. The first-order valence-corrected chi connectivity index (χ1v) is 13.4. The van der Waals surface area contributed by atoms with E-state index in [2.05, 4.69) is 22.1 Å². The number of aliphatic hydroxyl groups is 1. The third-order valence-electron chi connectivity index (χ3n) is 5.29. The first-order chi connectivity index (χ1) is 16.4. The largest absolute Gasteiger partial charge is 0.466 e. The maximum Gasteiger partial charge on any atom is 0.306 e. The quantitative estimate of drug-likeness (QED) is 0.209. The highest BCUT2D eigenvalue weighted by Gasteiger charge is 2.17. The van der Waals surface area contributed by atoms with Crippen molar-refractivity contribution in [3.8, 4) is 0 Å². The zero-order chi connectivity index (χ0) is 24.8. The van der Waals surface area contributed by atoms with Gasteiger partial charge in [0, 0.05) is 25.4 Å². The molecule has 0 fully saturated rings. The van der Waals surface area contributed by atoms with E-state index in [0.29, 0.717) is 11.4 Å². The van der Waals surface area contributed by atoms with Crippen LogP contribution in [-0.4, -0.2) is 51.5 Å². The van der Waals surface area contributed by atoms with Crippen molar-refractivity contribution in [3.05, 3.63) is 48.5 Å². The van der Waals surface area contributed by atoms with Crippen LogP contribution in [0.5, 0.6) is 0 Å². The van der Waals surface area contributed by atoms with Gasteiger partial charge in [0.1, 0.15) is 0 Å². The van der Waals surface area contributed by atoms with Crippen LogP contribution in [0.15, 0.2) is 63.7 Å². The summed E-state index contributed by atoms with van der Waals surface area (Å²) >= 11 is 0. The van der Waals surface area contributed by atoms with Crippen molar-refractivity contribution < 1.29 is 23.1 Å². The molecule has 2 rings (SSSR count). The van der Waals surface area contributed by atoms with Gasteiger partial charge in [0.15, 0.2) is 9.84 Å². The molecule has 0 aromatic heterocycles. The molecule has 0 heterocycles. The summed E-state index contributed by atoms with van der Waals surface area (Å²) in [6.07, 6.45) is 3.93. The molecule has 2 aromatic carbocycles. The van der Waals surface area contributed by atoms with Gasteiger partial charge in [0.25, 0.3) is 0 Å². The zero-order valence-corrected chi connectivity index (χ0v) is 20.8. The van der Waals surface area contributed by atoms with E-state index in [1.54, 1.807) is 19.1 Å². The third-order valence-corrected chi connectivity index (χ3v) is 7.02. The Bertz CT molecular complexity index is 1010. The van der Waals surface area contributed by atoms with Gasteiger partial charge in [-0.05, 0) is 75.2 Å². The Balaban J connectivity index is 1.93. The molecular formula is C25H35N3O5S. The molecule has 0 saturated heterocycles. The van der Waals surface area contributed by atoms with Crippen LogP contribution in [0, 0.1) is 0 Å². The second-order valence-electron chi connectivity index (χ2n) is 7.80. The molecule has 9 heteroatoms. The average molecular weight is 490 g/mol. The molecule has 0 radical (unpaired) electrons. The van der Waals surface area contributed by atoms with Gasteiger partial charge in [0.05, 0.1) is 35.1 Å². The summed E-state index contributed by atoms with van der Waals surface area (Å²) in [7, 11) is -3.57. The number of carbonyl (C=O) groups excluding carboxylic acids is 1. The van der Waals surface area contributed by atoms with Gasteiger partial charge < -0.3 is 14.7 Å². The summed E-state index contributed by atoms with van der Waals surface area (Å²) < 4.78 is 29.5. The van der Waals surface area contributed by atoms with Crippen LogP contribution in [0.2, 0.25) is 0 Å². The Kier molecular flexibility index (Phi) is 11.7. The summed E-state index contributed by atoms with van der Waals surface area (Å²) in [5.41, 5.74) is 2.36. The first-order valence-electron chi connectivity index (χ1n) is 11.8. The summed E-state index contributed by atoms with van der Waals surface area (Å²) in [6.45, 7) is 6.17. The van der Waals surface area contributed by atoms with E-state index in [1.165, 1.54) is 12.1 Å². The predicted octanol–water partition coefficient (Wildman–Crippen LogP) is 5.21. The van der Waals surface area contributed by atoms with Crippen molar-refractivity contribution in [2.24, 2.45) is 10.2 Å². The van der Waals surface area contributed by atoms with Crippen LogP contribution in [0.25, 0.3) is 0 Å². The highest BCUT2D eigenvalue weighted by Crippen LogP contribution is 2.24. The fourth-order valence-corrected chi connectivity index (χ4v) is 4.59. The summed E-state index contributed by atoms with van der Waals surface area (Å²) in [4.78, 5) is 13.9. The number of carbonyl (C=O) groups is 1. The van der Waals surface area contributed by atoms with Gasteiger partial charge in [-0.2, -0.15) is 10.2 Å². The number of hydrogen-bond donors (Lipinski definition) is 1. The van der Waals surface area contributed by atoms with Crippen LogP contribution in [0.3, 0.4) is 0 Å². The number of azo groups is 1. The van der Waals surface area contributed by atoms with Crippen LogP contribution < -0.4 is 4.90 Å². The Labute approximate surface area is 202 Å². The predicted molar refractivity (Wildman–Crippen MR) is 134 cm³/mol. The van der Waals surface area contributed by atoms with E-state index in [1.807, 2.05) is 24.3 Å². The van der Waals surface area contributed by atoms with Gasteiger partial charge in [0.2, 0.25) is 0 Å². The molecule has 0 aliphatic carbocycles. The monoisotopic (exact) mass is 489 g/mol. The molecule has 0 spiro atoms. The normalized spacial score (nSPS) is 11.6. The zero-order valence-electron chi connectivity index (χ0n) is 20.0. The van der Waals surface area contributed by atoms with Crippen LogP contribution in [0.1, 0.15) is 46.0 Å². The van der Waals surface area contributed by atoms with Crippen molar-refractivity contribution in [2.45, 2.75) is 50.8 Å². The molecule has 8 nitrogen and oxygen atoms in total. The molecular weight excluding hydrogens is 454 g/mol. The van der Waals surface area contributed by atoms with E-state index >= 15 is 0 Å². The SMILES string of the molecule is CCOC(=O)CCS(=O)(=O)c1ccc(N=Nc2ccc(N(CC)CCCCCCO)cc2)cc1. The van der Waals surface area contributed by atoms with Gasteiger partial charge in [-0.25, -0.2) is 8.42 Å². The summed E-state index contributed by atoms with van der Waals surface area (Å²) in [6, 6.07) is 14.0. The number of aliphatic hydroxyl groups excluding tert-OH is 1. The maximum absolute atomic E-state index is 12.4. The van der Waals surface area contributed by atoms with E-state index in [0.717, 1.165) is 44.5 Å². The molecule has 186 valence electrons. The standard InChI is InChI=1S/C25H35N3O5S/c1-3-28(18-7-5-6-8-19-29)23-13-9-21(10-14-23)26-27-22-11-15-24(16-12-22)34(31,32)20-17-25(30)33-4-2/h9-16,29H,3-8,17-20H2,1-2H3. The number of esters is 1. The second kappa shape index (κ2) is 14.5. The maximum atomic E-state index is 12.4. The Morgan fingerprint density at radius 2 is 1.50 bits per heavy atom. The van der Waals surface area contributed by atoms with E-state index in [-0.39, 0.29) is 30.3 Å². The number of anilines is 1. The molecule has 0 bridgehead atoms. The molecule has 2 aromatic rings. The smallest absolute Gasteiger partial charge is 0.306 e. The van der Waals surface area contributed by atoms with Gasteiger partial charge in [-0.15, -0.1) is 0 Å². The van der Waals surface area contributed by atoms with Crippen LogP contribution >= 0.6 is 0 Å². The van der Waals surface area contributed by atoms with E-state index < -0.39 is 15.8 Å². The molecule has 0 aliphatic heterocycles. The fourth-order valence-electron chi connectivity index (χ4n) is 3.37. The summed E-state index contributed by atoms with van der Waals surface area (Å²) in [5, 5.41) is 17.3. The van der Waals surface area contributed by atoms with E-state index in [9.17, 15) is 13.2 Å². The van der Waals surface area contributed by atoms with Crippen LogP contribution in [0.4, 0.5) is 17.1 Å². The number of benzene rings is 2. The number of ether oxygens (including phenoxy) is 1. The fraction of sp³-hybridized carbons (Fsp3) is 0.480. The van der Waals surface area contributed by atoms with Gasteiger partial charge in [-0.1, -0.05) is 12.8 Å². The lowest BCUT2D eigenvalue weighted by Gasteiger charge is -2.23. The number of nitrogens with zero attached hydrogens (tertiary/aromatic N) is 3. The lowest BCUT2D eigenvalue weighted by atomic mass is 10.2. The number of rotatable bonds is 15. The minimum Gasteiger partial charge on any atom is -0.466 e. The first kappa shape index (κ1) is 27.5. The second-order valence-corrected chi connectivity index (χ2v) is 9.91. The highest BCUT2D eigenvalue weighted by atomic mass is 32.2. The third kappa shape index (κ3) is 9.23. The van der Waals surface area contributed by atoms with Gasteiger partial charge >= 0.3 is 5.97 Å². The highest BCUT2D eigenvalue weighted by molar-refractivity contribution is 7.91. The Hall–Kier alpha value is -2.78. The van der Waals surface area contributed by atoms with Gasteiger partial charge in [-0.3, -0.25) is 4.79 Å². The Morgan fingerprint density at radius 3 is 2.06 bits per heavy atom. The molecule has 1 N–H and O–H groups in total. The molecule has 0 atom stereocenters. The topological polar surface area (TPSA) is 109 Å².